The molecule has 0 spiro atoms. The molecule has 246 valence electrons. The lowest BCUT2D eigenvalue weighted by Crippen LogP contribution is -2.51. The van der Waals surface area contributed by atoms with Gasteiger partial charge < -0.3 is 20.1 Å². The van der Waals surface area contributed by atoms with Crippen molar-refractivity contribution in [2.45, 2.75) is 57.2 Å². The Morgan fingerprint density at radius 3 is 2.50 bits per heavy atom. The fourth-order valence-corrected chi connectivity index (χ4v) is 8.15. The van der Waals surface area contributed by atoms with Crippen molar-refractivity contribution < 1.29 is 23.0 Å². The van der Waals surface area contributed by atoms with Crippen LogP contribution in [0.4, 0.5) is 19.0 Å². The largest absolute Gasteiger partial charge is 0.508 e. The molecular weight excluding hydrogens is 615 g/mol. The van der Waals surface area contributed by atoms with Crippen LogP contribution < -0.4 is 15.0 Å². The maximum Gasteiger partial charge on any atom is 0.319 e. The van der Waals surface area contributed by atoms with Gasteiger partial charge in [-0.3, -0.25) is 4.90 Å². The number of halogens is 3. The van der Waals surface area contributed by atoms with Crippen LogP contribution in [0.5, 0.6) is 11.8 Å². The van der Waals surface area contributed by atoms with Crippen molar-refractivity contribution in [3.8, 4) is 47.6 Å². The number of anilines is 1. The van der Waals surface area contributed by atoms with Crippen LogP contribution in [-0.4, -0.2) is 70.9 Å². The molecule has 1 saturated carbocycles. The number of terminal acetylenes is 2. The second kappa shape index (κ2) is 11.6. The quantitative estimate of drug-likeness (QED) is 0.248. The smallest absolute Gasteiger partial charge is 0.319 e. The predicted octanol–water partition coefficient (Wildman–Crippen LogP) is 6.00. The molecule has 4 heterocycles. The first kappa shape index (κ1) is 30.8. The number of benzene rings is 3. The number of piperidine rings is 1. The van der Waals surface area contributed by atoms with Crippen LogP contribution in [0.2, 0.25) is 0 Å². The topological polar surface area (TPSA) is 73.8 Å². The van der Waals surface area contributed by atoms with Crippen LogP contribution in [0.25, 0.3) is 32.8 Å². The molecule has 0 unspecified atom stereocenters. The number of likely N-dealkylation sites (tertiary alicyclic amines) is 1. The molecular formula is C38H36F3N5O2. The number of aromatic hydroxyl groups is 1. The van der Waals surface area contributed by atoms with Gasteiger partial charge in [0.05, 0.1) is 17.7 Å². The van der Waals surface area contributed by atoms with Gasteiger partial charge >= 0.3 is 6.01 Å². The highest BCUT2D eigenvalue weighted by Gasteiger charge is 2.44. The van der Waals surface area contributed by atoms with Crippen molar-refractivity contribution in [2.75, 3.05) is 37.7 Å². The van der Waals surface area contributed by atoms with Crippen molar-refractivity contribution >= 4 is 27.5 Å². The van der Waals surface area contributed by atoms with E-state index in [2.05, 4.69) is 34.0 Å². The van der Waals surface area contributed by atoms with Crippen LogP contribution in [0.3, 0.4) is 0 Å². The minimum absolute atomic E-state index is 0.0153. The number of nitrogens with zero attached hydrogens (tertiary/aromatic N) is 4. The van der Waals surface area contributed by atoms with Crippen molar-refractivity contribution in [3.63, 3.8) is 0 Å². The first-order valence-electron chi connectivity index (χ1n) is 16.6. The Kier molecular flexibility index (Phi) is 7.43. The fraction of sp³-hybridized carbons (Fsp3) is 0.421. The number of aromatic nitrogens is 2. The monoisotopic (exact) mass is 651 g/mol. The summed E-state index contributed by atoms with van der Waals surface area (Å²) in [4.78, 5) is 13.9. The molecule has 4 aromatic rings. The van der Waals surface area contributed by atoms with Gasteiger partial charge in [0.25, 0.3) is 0 Å². The zero-order chi connectivity index (χ0) is 33.3. The maximum atomic E-state index is 17.0. The minimum atomic E-state index is -0.985. The van der Waals surface area contributed by atoms with Gasteiger partial charge in [-0.25, -0.2) is 13.2 Å². The minimum Gasteiger partial charge on any atom is -0.508 e. The summed E-state index contributed by atoms with van der Waals surface area (Å²) in [6.07, 6.45) is 16.9. The Bertz CT molecular complexity index is 2040. The lowest BCUT2D eigenvalue weighted by Gasteiger charge is -2.44. The summed E-state index contributed by atoms with van der Waals surface area (Å²) >= 11 is 0. The summed E-state index contributed by atoms with van der Waals surface area (Å²) in [6.45, 7) is 5.29. The zero-order valence-electron chi connectivity index (χ0n) is 26.7. The molecule has 10 heteroatoms. The van der Waals surface area contributed by atoms with Crippen LogP contribution in [0, 0.1) is 53.5 Å². The third kappa shape index (κ3) is 5.19. The summed E-state index contributed by atoms with van der Waals surface area (Å²) in [6, 6.07) is 7.37. The van der Waals surface area contributed by atoms with Gasteiger partial charge in [-0.2, -0.15) is 9.97 Å². The molecule has 1 aromatic heterocycles. The molecule has 4 atom stereocenters. The van der Waals surface area contributed by atoms with E-state index in [-0.39, 0.29) is 69.2 Å². The molecule has 4 fully saturated rings. The van der Waals surface area contributed by atoms with Crippen LogP contribution in [0.15, 0.2) is 30.3 Å². The third-order valence-electron chi connectivity index (χ3n) is 10.7. The van der Waals surface area contributed by atoms with E-state index in [0.717, 1.165) is 32.4 Å². The molecule has 8 rings (SSSR count). The van der Waals surface area contributed by atoms with E-state index in [4.69, 9.17) is 22.6 Å². The van der Waals surface area contributed by atoms with E-state index in [1.807, 2.05) is 4.90 Å². The normalized spacial score (nSPS) is 25.7. The summed E-state index contributed by atoms with van der Waals surface area (Å²) < 4.78 is 54.5. The number of hydrogen-bond acceptors (Lipinski definition) is 7. The Balaban J connectivity index is 1.27. The molecule has 3 aromatic carbocycles. The molecule has 3 aliphatic heterocycles. The molecule has 3 saturated heterocycles. The summed E-state index contributed by atoms with van der Waals surface area (Å²) in [5.74, 6) is 2.79. The van der Waals surface area contributed by atoms with E-state index in [1.165, 1.54) is 43.2 Å². The first-order valence-corrected chi connectivity index (χ1v) is 16.6. The number of nitrogens with one attached hydrogen (secondary N) is 1. The average molecular weight is 652 g/mol. The van der Waals surface area contributed by atoms with E-state index >= 15 is 8.78 Å². The Morgan fingerprint density at radius 2 is 1.79 bits per heavy atom. The second-order valence-electron chi connectivity index (χ2n) is 14.1. The molecule has 4 aliphatic rings. The molecule has 2 bridgehead atoms. The van der Waals surface area contributed by atoms with Crippen molar-refractivity contribution in [1.82, 2.24) is 20.2 Å². The van der Waals surface area contributed by atoms with Crippen molar-refractivity contribution in [3.05, 3.63) is 53.3 Å². The average Bonchev–Trinajstić information content (AvgIpc) is 3.87. The van der Waals surface area contributed by atoms with Gasteiger partial charge in [-0.05, 0) is 68.3 Å². The van der Waals surface area contributed by atoms with Gasteiger partial charge in [0.1, 0.15) is 28.7 Å². The molecule has 7 nitrogen and oxygen atoms in total. The molecule has 1 aliphatic carbocycles. The SMILES string of the molecule is C#Cc1c(F)ccc2cc(O)cc(-c3c(F)cc4c(N5C[C@H]6CC[C@@H](C5)N6)nc(OC[C@]5(C)CN(C6CC6)CC[C@@H]5C#C)nc4c3F)c12. The second-order valence-corrected chi connectivity index (χ2v) is 14.1. The highest BCUT2D eigenvalue weighted by atomic mass is 19.1. The molecule has 0 amide bonds. The predicted molar refractivity (Wildman–Crippen MR) is 179 cm³/mol. The molecule has 48 heavy (non-hydrogen) atoms. The van der Waals surface area contributed by atoms with Gasteiger partial charge in [-0.15, -0.1) is 18.8 Å². The van der Waals surface area contributed by atoms with Crippen LogP contribution in [0.1, 0.15) is 44.6 Å². The highest BCUT2D eigenvalue weighted by molar-refractivity contribution is 6.04. The first-order chi connectivity index (χ1) is 23.2. The summed E-state index contributed by atoms with van der Waals surface area (Å²) in [7, 11) is 0. The molecule has 0 radical (unpaired) electrons. The Hall–Kier alpha value is -4.51. The van der Waals surface area contributed by atoms with Gasteiger partial charge in [0, 0.05) is 65.4 Å². The summed E-state index contributed by atoms with van der Waals surface area (Å²) in [5.41, 5.74) is -1.24. The third-order valence-corrected chi connectivity index (χ3v) is 10.7. The number of phenolic OH excluding ortho intramolecular Hbond substituents is 1. The highest BCUT2D eigenvalue weighted by Crippen LogP contribution is 2.43. The van der Waals surface area contributed by atoms with E-state index in [1.54, 1.807) is 0 Å². The number of ether oxygens (including phenoxy) is 1. The summed E-state index contributed by atoms with van der Waals surface area (Å²) in [5, 5.41) is 14.8. The number of fused-ring (bicyclic) bond motifs is 4. The zero-order valence-corrected chi connectivity index (χ0v) is 26.7. The van der Waals surface area contributed by atoms with Crippen LogP contribution in [-0.2, 0) is 0 Å². The maximum absolute atomic E-state index is 17.0. The Morgan fingerprint density at radius 1 is 1.02 bits per heavy atom. The number of phenols is 1. The van der Waals surface area contributed by atoms with E-state index in [9.17, 15) is 9.50 Å². The lowest BCUT2D eigenvalue weighted by atomic mass is 9.73. The lowest BCUT2D eigenvalue weighted by molar-refractivity contribution is 0.0200. The molecule has 2 N–H and O–H groups in total. The van der Waals surface area contributed by atoms with E-state index < -0.39 is 23.0 Å². The fourth-order valence-electron chi connectivity index (χ4n) is 8.15. The Labute approximate surface area is 277 Å². The number of hydrogen-bond donors (Lipinski definition) is 2. The van der Waals surface area contributed by atoms with Gasteiger partial charge in [0.15, 0.2) is 5.82 Å². The van der Waals surface area contributed by atoms with E-state index in [0.29, 0.717) is 30.3 Å². The van der Waals surface area contributed by atoms with Gasteiger partial charge in [-0.1, -0.05) is 18.9 Å². The number of piperazine rings is 1. The number of rotatable bonds is 6. The van der Waals surface area contributed by atoms with Crippen molar-refractivity contribution in [1.29, 1.82) is 0 Å². The standard InChI is InChI=1S/C38H36F3N5O2/c1-4-22-12-13-45(25-9-10-25)19-38(22,3)20-48-37-43-35-29(36(44-37)46-17-23-7-8-24(18-46)42-23)16-31(40)33(34(35)41)28-15-26(47)14-21-6-11-30(39)27(5-2)32(21)28/h1-2,6,11,14-16,22-25,42,47H,7-10,12-13,17-20H2,3H3/t22-,23-,24+,38-/m0/s1. The van der Waals surface area contributed by atoms with Gasteiger partial charge in [0.2, 0.25) is 0 Å². The van der Waals surface area contributed by atoms with Crippen molar-refractivity contribution in [2.24, 2.45) is 11.3 Å². The van der Waals surface area contributed by atoms with Crippen LogP contribution >= 0.6 is 0 Å².